The topological polar surface area (TPSA) is 103 Å². The second-order valence-corrected chi connectivity index (χ2v) is 7.88. The van der Waals surface area contributed by atoms with Crippen LogP contribution < -0.4 is 15.8 Å². The van der Waals surface area contributed by atoms with Crippen molar-refractivity contribution in [2.75, 3.05) is 20.2 Å². The third-order valence-electron chi connectivity index (χ3n) is 6.21. The fraction of sp³-hybridized carbons (Fsp3) is 0.364. The molecule has 0 aromatic carbocycles. The summed E-state index contributed by atoms with van der Waals surface area (Å²) < 4.78 is 6.97. The maximum atomic E-state index is 6.05. The third kappa shape index (κ3) is 3.13. The first-order valence-electron chi connectivity index (χ1n) is 10.3. The van der Waals surface area contributed by atoms with E-state index in [-0.39, 0.29) is 5.41 Å². The number of piperidine rings is 1. The van der Waals surface area contributed by atoms with Crippen LogP contribution in [0.25, 0.3) is 16.9 Å². The summed E-state index contributed by atoms with van der Waals surface area (Å²) in [6.07, 6.45) is 14.6. The van der Waals surface area contributed by atoms with Gasteiger partial charge in [-0.3, -0.25) is 0 Å². The minimum atomic E-state index is -0.250. The first-order valence-corrected chi connectivity index (χ1v) is 10.3. The van der Waals surface area contributed by atoms with E-state index in [0.29, 0.717) is 11.8 Å². The van der Waals surface area contributed by atoms with Crippen LogP contribution >= 0.6 is 0 Å². The van der Waals surface area contributed by atoms with Crippen LogP contribution in [0.2, 0.25) is 0 Å². The normalized spacial score (nSPS) is 22.2. The van der Waals surface area contributed by atoms with Crippen molar-refractivity contribution in [3.63, 3.8) is 0 Å². The van der Waals surface area contributed by atoms with Crippen LogP contribution in [0.4, 0.5) is 0 Å². The van der Waals surface area contributed by atoms with Gasteiger partial charge >= 0.3 is 0 Å². The number of hydrogen-bond donors (Lipinski definition) is 2. The van der Waals surface area contributed by atoms with Crippen LogP contribution in [0.15, 0.2) is 54.6 Å². The summed E-state index contributed by atoms with van der Waals surface area (Å²) in [5.74, 6) is 1.78. The number of nitrogens with one attached hydrogen (secondary N) is 1. The summed E-state index contributed by atoms with van der Waals surface area (Å²) in [6, 6.07) is 3.95. The van der Waals surface area contributed by atoms with Crippen molar-refractivity contribution in [3.8, 4) is 17.1 Å². The van der Waals surface area contributed by atoms with Gasteiger partial charge in [-0.05, 0) is 56.5 Å². The number of methoxy groups -OCH3 is 1. The van der Waals surface area contributed by atoms with Crippen LogP contribution in [-0.2, 0) is 5.41 Å². The Hall–Kier alpha value is -3.26. The average Bonchev–Trinajstić information content (AvgIpc) is 3.25. The summed E-state index contributed by atoms with van der Waals surface area (Å²) in [5, 5.41) is 8.38. The minimum absolute atomic E-state index is 0.250. The summed E-state index contributed by atoms with van der Waals surface area (Å²) in [7, 11) is 1.58. The lowest BCUT2D eigenvalue weighted by molar-refractivity contribution is 0.245. The molecule has 0 radical (unpaired) electrons. The van der Waals surface area contributed by atoms with Gasteiger partial charge in [-0.15, -0.1) is 0 Å². The Balaban J connectivity index is 1.61. The predicted molar refractivity (Wildman–Crippen MR) is 114 cm³/mol. The average molecular weight is 403 g/mol. The number of allylic oxidation sites excluding steroid dienone is 3. The highest BCUT2D eigenvalue weighted by atomic mass is 16.5. The molecule has 1 unspecified atom stereocenters. The summed E-state index contributed by atoms with van der Waals surface area (Å²) in [6.45, 7) is 2.03. The second-order valence-electron chi connectivity index (χ2n) is 7.88. The van der Waals surface area contributed by atoms with Gasteiger partial charge in [0.15, 0.2) is 11.5 Å². The molecule has 3 aromatic rings. The Morgan fingerprint density at radius 3 is 2.80 bits per heavy atom. The fourth-order valence-electron chi connectivity index (χ4n) is 4.52. The van der Waals surface area contributed by atoms with E-state index in [0.717, 1.165) is 60.8 Å². The van der Waals surface area contributed by atoms with Gasteiger partial charge in [0.1, 0.15) is 0 Å². The van der Waals surface area contributed by atoms with Gasteiger partial charge in [0.05, 0.1) is 30.6 Å². The Labute approximate surface area is 174 Å². The van der Waals surface area contributed by atoms with Gasteiger partial charge in [0, 0.05) is 17.5 Å². The molecular formula is C22H25N7O. The summed E-state index contributed by atoms with van der Waals surface area (Å²) in [4.78, 5) is 13.8. The highest BCUT2D eigenvalue weighted by Crippen LogP contribution is 2.43. The van der Waals surface area contributed by atoms with Crippen molar-refractivity contribution >= 4 is 5.65 Å². The van der Waals surface area contributed by atoms with Crippen molar-refractivity contribution in [1.82, 2.24) is 29.9 Å². The number of nitrogens with zero attached hydrogens (tertiary/aromatic N) is 5. The van der Waals surface area contributed by atoms with E-state index < -0.39 is 0 Å². The number of hydrogen-bond acceptors (Lipinski definition) is 7. The molecule has 30 heavy (non-hydrogen) atoms. The molecular weight excluding hydrogens is 378 g/mol. The molecule has 1 aliphatic heterocycles. The first kappa shape index (κ1) is 18.7. The lowest BCUT2D eigenvalue weighted by atomic mass is 9.66. The van der Waals surface area contributed by atoms with Crippen molar-refractivity contribution in [2.45, 2.75) is 24.7 Å². The molecule has 1 saturated heterocycles. The van der Waals surface area contributed by atoms with E-state index in [1.807, 2.05) is 28.9 Å². The molecule has 2 aliphatic rings. The smallest absolute Gasteiger partial charge is 0.232 e. The second kappa shape index (κ2) is 7.53. The van der Waals surface area contributed by atoms with Crippen LogP contribution in [0, 0.1) is 5.92 Å². The number of pyridine rings is 1. The van der Waals surface area contributed by atoms with Crippen LogP contribution in [-0.4, -0.2) is 44.8 Å². The fourth-order valence-corrected chi connectivity index (χ4v) is 4.52. The van der Waals surface area contributed by atoms with Crippen LogP contribution in [0.1, 0.15) is 25.1 Å². The van der Waals surface area contributed by atoms with Crippen molar-refractivity contribution in [2.24, 2.45) is 11.7 Å². The van der Waals surface area contributed by atoms with E-state index in [9.17, 15) is 0 Å². The Kier molecular flexibility index (Phi) is 4.71. The van der Waals surface area contributed by atoms with Crippen LogP contribution in [0.3, 0.4) is 0 Å². The zero-order valence-electron chi connectivity index (χ0n) is 17.0. The molecule has 1 fully saturated rings. The van der Waals surface area contributed by atoms with Gasteiger partial charge < -0.3 is 15.8 Å². The molecule has 3 aromatic heterocycles. The highest BCUT2D eigenvalue weighted by molar-refractivity contribution is 5.74. The van der Waals surface area contributed by atoms with E-state index in [2.05, 4.69) is 27.4 Å². The number of rotatable bonds is 4. The molecule has 8 nitrogen and oxygen atoms in total. The van der Waals surface area contributed by atoms with E-state index >= 15 is 0 Å². The molecule has 3 N–H and O–H groups in total. The summed E-state index contributed by atoms with van der Waals surface area (Å²) in [5.41, 5.74) is 9.01. The molecule has 0 bridgehead atoms. The van der Waals surface area contributed by atoms with Gasteiger partial charge in [-0.25, -0.2) is 19.5 Å². The quantitative estimate of drug-likeness (QED) is 0.688. The summed E-state index contributed by atoms with van der Waals surface area (Å²) >= 11 is 0. The molecule has 0 spiro atoms. The maximum absolute atomic E-state index is 6.05. The van der Waals surface area contributed by atoms with E-state index in [1.165, 1.54) is 0 Å². The van der Waals surface area contributed by atoms with Gasteiger partial charge in [0.2, 0.25) is 5.88 Å². The molecule has 8 heteroatoms. The van der Waals surface area contributed by atoms with E-state index in [4.69, 9.17) is 20.6 Å². The zero-order valence-corrected chi connectivity index (χ0v) is 17.0. The Morgan fingerprint density at radius 1 is 1.23 bits per heavy atom. The largest absolute Gasteiger partial charge is 0.480 e. The van der Waals surface area contributed by atoms with Crippen LogP contribution in [0.5, 0.6) is 5.88 Å². The molecule has 4 heterocycles. The molecule has 1 aliphatic carbocycles. The number of nitrogens with two attached hydrogens (primary N) is 1. The maximum Gasteiger partial charge on any atom is 0.232 e. The zero-order chi connectivity index (χ0) is 20.6. The molecule has 5 rings (SSSR count). The number of ether oxygens (including phenoxy) is 1. The predicted octanol–water partition coefficient (Wildman–Crippen LogP) is 2.23. The lowest BCUT2D eigenvalue weighted by Gasteiger charge is -2.39. The molecule has 1 atom stereocenters. The molecule has 0 amide bonds. The first-order chi connectivity index (χ1) is 14.7. The lowest BCUT2D eigenvalue weighted by Crippen LogP contribution is -2.42. The molecule has 154 valence electrons. The number of aromatic nitrogens is 5. The van der Waals surface area contributed by atoms with Crippen molar-refractivity contribution < 1.29 is 4.74 Å². The standard InChI is InChI=1S/C22H25N7O/c1-30-19-14-25-18(13-26-19)17-3-2-12-29-20(17)27-21(28-29)22(8-4-16(23)5-9-22)15-6-10-24-11-7-15/h2-5,8,12-15,24H,6-7,9-11,23H2,1H3. The SMILES string of the molecule is COc1cnc(-c2cccn3nc(C4(C5CCNCC5)C=CC(N)=CC4)nc23)cn1. The van der Waals surface area contributed by atoms with Crippen molar-refractivity contribution in [1.29, 1.82) is 0 Å². The van der Waals surface area contributed by atoms with Gasteiger partial charge in [0.25, 0.3) is 0 Å². The van der Waals surface area contributed by atoms with E-state index in [1.54, 1.807) is 19.5 Å². The highest BCUT2D eigenvalue weighted by Gasteiger charge is 2.42. The third-order valence-corrected chi connectivity index (χ3v) is 6.21. The Bertz CT molecular complexity index is 1110. The Morgan fingerprint density at radius 2 is 2.10 bits per heavy atom. The monoisotopic (exact) mass is 403 g/mol. The number of fused-ring (bicyclic) bond motifs is 1. The minimum Gasteiger partial charge on any atom is -0.480 e. The van der Waals surface area contributed by atoms with Crippen molar-refractivity contribution in [3.05, 3.63) is 60.5 Å². The molecule has 0 saturated carbocycles. The van der Waals surface area contributed by atoms with Gasteiger partial charge in [-0.2, -0.15) is 5.10 Å². The van der Waals surface area contributed by atoms with Gasteiger partial charge in [-0.1, -0.05) is 12.2 Å².